The molecule has 2 unspecified atom stereocenters. The summed E-state index contributed by atoms with van der Waals surface area (Å²) < 4.78 is 0. The number of alkyl halides is 1. The second-order valence-electron chi connectivity index (χ2n) is 4.47. The van der Waals surface area contributed by atoms with Gasteiger partial charge in [0.25, 0.3) is 0 Å². The second-order valence-corrected chi connectivity index (χ2v) is 8.00. The summed E-state index contributed by atoms with van der Waals surface area (Å²) in [6.07, 6.45) is 10.8. The highest BCUT2D eigenvalue weighted by Gasteiger charge is 2.09. The van der Waals surface area contributed by atoms with Crippen LogP contribution in [0.3, 0.4) is 0 Å². The highest BCUT2D eigenvalue weighted by molar-refractivity contribution is 7.63. The third kappa shape index (κ3) is 7.19. The molecule has 2 heteroatoms. The maximum Gasteiger partial charge on any atom is 0.0544 e. The molecular formula is C16H26ClP. The smallest absolute Gasteiger partial charge is 0.0544 e. The van der Waals surface area contributed by atoms with Crippen LogP contribution >= 0.6 is 19.5 Å². The van der Waals surface area contributed by atoms with E-state index in [2.05, 4.69) is 58.3 Å². The minimum atomic E-state index is -0.320. The van der Waals surface area contributed by atoms with E-state index in [1.54, 1.807) is 0 Å². The quantitative estimate of drug-likeness (QED) is 0.286. The predicted octanol–water partition coefficient (Wildman–Crippen LogP) is 6.45. The van der Waals surface area contributed by atoms with Crippen molar-refractivity contribution in [3.63, 3.8) is 0 Å². The molecule has 0 amide bonds. The molecule has 18 heavy (non-hydrogen) atoms. The van der Waals surface area contributed by atoms with Crippen LogP contribution in [0.2, 0.25) is 0 Å². The Labute approximate surface area is 119 Å². The van der Waals surface area contributed by atoms with Crippen molar-refractivity contribution in [2.75, 3.05) is 6.66 Å². The standard InChI is InChI=1S/C16H26ClP/c1-7-13(3)9-11-16(8-2)12-10-14(4)18(6)15(5)17/h9-12,15H,4,7-8H2,1-3,5-6H3/b12-10-,13-9-,16-11+. The third-order valence-corrected chi connectivity index (χ3v) is 6.03. The first-order valence-corrected chi connectivity index (χ1v) is 8.82. The van der Waals surface area contributed by atoms with Crippen molar-refractivity contribution in [3.8, 4) is 0 Å². The third-order valence-electron chi connectivity index (χ3n) is 3.02. The van der Waals surface area contributed by atoms with Crippen LogP contribution in [-0.2, 0) is 0 Å². The van der Waals surface area contributed by atoms with Gasteiger partial charge in [0.2, 0.25) is 0 Å². The molecule has 0 aliphatic rings. The van der Waals surface area contributed by atoms with E-state index in [4.69, 9.17) is 11.6 Å². The summed E-state index contributed by atoms with van der Waals surface area (Å²) in [6.45, 7) is 14.8. The monoisotopic (exact) mass is 284 g/mol. The lowest BCUT2D eigenvalue weighted by Crippen LogP contribution is -1.88. The number of hydrogen-bond donors (Lipinski definition) is 0. The number of rotatable bonds is 7. The Morgan fingerprint density at radius 2 is 1.83 bits per heavy atom. The van der Waals surface area contributed by atoms with Crippen molar-refractivity contribution in [1.82, 2.24) is 0 Å². The average molecular weight is 285 g/mol. The molecule has 0 aromatic rings. The molecule has 0 bridgehead atoms. The summed E-state index contributed by atoms with van der Waals surface area (Å²) in [4.78, 5) is 0. The highest BCUT2D eigenvalue weighted by atomic mass is 35.5. The average Bonchev–Trinajstić information content (AvgIpc) is 2.36. The fourth-order valence-electron chi connectivity index (χ4n) is 1.21. The summed E-state index contributed by atoms with van der Waals surface area (Å²) in [7, 11) is -0.320. The van der Waals surface area contributed by atoms with Crippen LogP contribution in [0.15, 0.2) is 47.3 Å². The van der Waals surface area contributed by atoms with Crippen molar-refractivity contribution < 1.29 is 0 Å². The summed E-state index contributed by atoms with van der Waals surface area (Å²) in [5.41, 5.74) is 2.73. The molecule has 0 heterocycles. The molecule has 0 spiro atoms. The van der Waals surface area contributed by atoms with Gasteiger partial charge in [-0.1, -0.05) is 58.2 Å². The Balaban J connectivity index is 4.68. The summed E-state index contributed by atoms with van der Waals surface area (Å²) in [5.74, 6) is 0. The van der Waals surface area contributed by atoms with E-state index >= 15 is 0 Å². The largest absolute Gasteiger partial charge is 0.118 e. The molecular weight excluding hydrogens is 259 g/mol. The van der Waals surface area contributed by atoms with Gasteiger partial charge in [-0.05, 0) is 44.2 Å². The van der Waals surface area contributed by atoms with Gasteiger partial charge >= 0.3 is 0 Å². The molecule has 2 atom stereocenters. The van der Waals surface area contributed by atoms with Crippen LogP contribution in [0, 0.1) is 0 Å². The van der Waals surface area contributed by atoms with Gasteiger partial charge in [-0.25, -0.2) is 0 Å². The number of halogens is 1. The van der Waals surface area contributed by atoms with E-state index in [0.29, 0.717) is 0 Å². The van der Waals surface area contributed by atoms with Crippen LogP contribution in [0.25, 0.3) is 0 Å². The zero-order valence-corrected chi connectivity index (χ0v) is 14.0. The van der Waals surface area contributed by atoms with Gasteiger partial charge in [0.1, 0.15) is 0 Å². The van der Waals surface area contributed by atoms with Gasteiger partial charge in [0, 0.05) is 0 Å². The summed E-state index contributed by atoms with van der Waals surface area (Å²) in [5, 5.41) is 1.34. The lowest BCUT2D eigenvalue weighted by Gasteiger charge is -2.14. The van der Waals surface area contributed by atoms with Crippen molar-refractivity contribution in [3.05, 3.63) is 47.3 Å². The van der Waals surface area contributed by atoms with E-state index in [0.717, 1.165) is 18.2 Å². The molecule has 0 aliphatic carbocycles. The Bertz CT molecular complexity index is 348. The van der Waals surface area contributed by atoms with E-state index in [1.165, 1.54) is 11.1 Å². The molecule has 0 aliphatic heterocycles. The Kier molecular flexibility index (Phi) is 9.42. The first-order valence-electron chi connectivity index (χ1n) is 6.52. The SMILES string of the molecule is C=C(\C=C/C(=C/C=C(/C)CC)CC)P(C)C(C)Cl. The minimum Gasteiger partial charge on any atom is -0.118 e. The zero-order chi connectivity index (χ0) is 14.1. The molecule has 0 saturated heterocycles. The molecule has 0 rings (SSSR count). The topological polar surface area (TPSA) is 0 Å². The van der Waals surface area contributed by atoms with Gasteiger partial charge in [0.05, 0.1) is 5.12 Å². The summed E-state index contributed by atoms with van der Waals surface area (Å²) in [6, 6.07) is 0. The van der Waals surface area contributed by atoms with Crippen LogP contribution in [-0.4, -0.2) is 11.8 Å². The van der Waals surface area contributed by atoms with Crippen molar-refractivity contribution in [2.45, 2.75) is 45.7 Å². The second kappa shape index (κ2) is 9.59. The number of hydrogen-bond acceptors (Lipinski definition) is 0. The van der Waals surface area contributed by atoms with E-state index in [-0.39, 0.29) is 13.0 Å². The Morgan fingerprint density at radius 1 is 1.22 bits per heavy atom. The van der Waals surface area contributed by atoms with Crippen LogP contribution in [0.5, 0.6) is 0 Å². The molecule has 0 N–H and O–H groups in total. The van der Waals surface area contributed by atoms with Gasteiger partial charge in [-0.2, -0.15) is 0 Å². The molecule has 0 fully saturated rings. The Morgan fingerprint density at radius 3 is 2.28 bits per heavy atom. The van der Waals surface area contributed by atoms with Gasteiger partial charge in [-0.3, -0.25) is 0 Å². The zero-order valence-electron chi connectivity index (χ0n) is 12.3. The van der Waals surface area contributed by atoms with Crippen LogP contribution < -0.4 is 0 Å². The minimum absolute atomic E-state index is 0.188. The molecule has 0 aromatic carbocycles. The normalized spacial score (nSPS) is 17.0. The van der Waals surface area contributed by atoms with E-state index in [1.807, 2.05) is 6.92 Å². The first-order chi connectivity index (χ1) is 8.42. The van der Waals surface area contributed by atoms with Gasteiger partial charge in [0.15, 0.2) is 0 Å². The predicted molar refractivity (Wildman–Crippen MR) is 88.9 cm³/mol. The van der Waals surface area contributed by atoms with Crippen LogP contribution in [0.4, 0.5) is 0 Å². The van der Waals surface area contributed by atoms with Crippen LogP contribution in [0.1, 0.15) is 40.5 Å². The lowest BCUT2D eigenvalue weighted by atomic mass is 10.1. The molecule has 0 radical (unpaired) electrons. The lowest BCUT2D eigenvalue weighted by molar-refractivity contribution is 1.09. The maximum atomic E-state index is 6.10. The maximum absolute atomic E-state index is 6.10. The summed E-state index contributed by atoms with van der Waals surface area (Å²) >= 11 is 6.10. The van der Waals surface area contributed by atoms with Gasteiger partial charge in [-0.15, -0.1) is 11.6 Å². The molecule has 0 aromatic heterocycles. The molecule has 0 saturated carbocycles. The fourth-order valence-corrected chi connectivity index (χ4v) is 2.35. The van der Waals surface area contributed by atoms with Crippen molar-refractivity contribution in [2.24, 2.45) is 0 Å². The molecule has 102 valence electrons. The first kappa shape index (κ1) is 17.7. The van der Waals surface area contributed by atoms with E-state index < -0.39 is 0 Å². The van der Waals surface area contributed by atoms with E-state index in [9.17, 15) is 0 Å². The van der Waals surface area contributed by atoms with Crippen molar-refractivity contribution in [1.29, 1.82) is 0 Å². The van der Waals surface area contributed by atoms with Gasteiger partial charge < -0.3 is 0 Å². The Hall–Kier alpha value is -0.320. The highest BCUT2D eigenvalue weighted by Crippen LogP contribution is 2.47. The molecule has 0 nitrogen and oxygen atoms in total. The fraction of sp³-hybridized carbons (Fsp3) is 0.500. The number of allylic oxidation sites excluding steroid dienone is 7. The van der Waals surface area contributed by atoms with Crippen molar-refractivity contribution >= 4 is 19.5 Å².